The molecule has 0 aliphatic carbocycles. The molecular weight excluding hydrogens is 248 g/mol. The van der Waals surface area contributed by atoms with Crippen LogP contribution in [0.25, 0.3) is 0 Å². The summed E-state index contributed by atoms with van der Waals surface area (Å²) in [7, 11) is 0. The number of nitrogens with zero attached hydrogens (tertiary/aromatic N) is 2. The van der Waals surface area contributed by atoms with E-state index in [1.807, 2.05) is 13.1 Å². The van der Waals surface area contributed by atoms with Crippen LogP contribution in [0.4, 0.5) is 0 Å². The Morgan fingerprint density at radius 2 is 1.90 bits per heavy atom. The molecule has 0 spiro atoms. The van der Waals surface area contributed by atoms with Crippen LogP contribution >= 0.6 is 0 Å². The van der Waals surface area contributed by atoms with E-state index in [-0.39, 0.29) is 12.4 Å². The van der Waals surface area contributed by atoms with Gasteiger partial charge in [-0.1, -0.05) is 44.8 Å². The summed E-state index contributed by atoms with van der Waals surface area (Å²) in [5, 5.41) is 9.62. The van der Waals surface area contributed by atoms with Gasteiger partial charge in [0.2, 0.25) is 0 Å². The highest BCUT2D eigenvalue weighted by atomic mass is 16.3. The van der Waals surface area contributed by atoms with Crippen LogP contribution in [0.3, 0.4) is 0 Å². The van der Waals surface area contributed by atoms with Crippen LogP contribution in [0.15, 0.2) is 17.1 Å². The Balaban J connectivity index is 1.94. The summed E-state index contributed by atoms with van der Waals surface area (Å²) in [5.74, 6) is 0. The zero-order chi connectivity index (χ0) is 14.6. The number of aliphatic hydroxyl groups excluding tert-OH is 1. The van der Waals surface area contributed by atoms with E-state index in [2.05, 4.69) is 29.0 Å². The number of unbranched alkanes of at least 4 members (excludes halogenated alkanes) is 6. The number of aliphatic hydroxyl groups is 1. The zero-order valence-corrected chi connectivity index (χ0v) is 13.3. The van der Waals surface area contributed by atoms with Gasteiger partial charge in [0.25, 0.3) is 0 Å². The Morgan fingerprint density at radius 1 is 1.20 bits per heavy atom. The molecule has 0 aromatic rings. The lowest BCUT2D eigenvalue weighted by Gasteiger charge is -2.25. The number of allylic oxidation sites excluding steroid dienone is 2. The molecule has 1 heterocycles. The molecule has 1 rings (SSSR count). The van der Waals surface area contributed by atoms with Gasteiger partial charge in [-0.15, -0.1) is 0 Å². The van der Waals surface area contributed by atoms with Crippen LogP contribution < -0.4 is 0 Å². The highest BCUT2D eigenvalue weighted by Crippen LogP contribution is 2.17. The Kier molecular flexibility index (Phi) is 9.60. The Labute approximate surface area is 124 Å². The Bertz CT molecular complexity index is 287. The van der Waals surface area contributed by atoms with Crippen molar-refractivity contribution in [2.24, 2.45) is 4.99 Å². The fraction of sp³-hybridized carbons (Fsp3) is 0.824. The van der Waals surface area contributed by atoms with E-state index in [0.717, 1.165) is 13.0 Å². The molecule has 1 aliphatic rings. The van der Waals surface area contributed by atoms with Gasteiger partial charge in [-0.2, -0.15) is 0 Å². The van der Waals surface area contributed by atoms with E-state index in [1.54, 1.807) is 0 Å². The predicted octanol–water partition coefficient (Wildman–Crippen LogP) is 4.12. The highest BCUT2D eigenvalue weighted by Gasteiger charge is 2.23. The van der Waals surface area contributed by atoms with Crippen molar-refractivity contribution in [1.82, 2.24) is 4.90 Å². The molecule has 1 aliphatic heterocycles. The summed E-state index contributed by atoms with van der Waals surface area (Å²) in [6.07, 6.45) is 17.7. The van der Waals surface area contributed by atoms with Crippen molar-refractivity contribution >= 4 is 6.21 Å². The fourth-order valence-electron chi connectivity index (χ4n) is 2.61. The first kappa shape index (κ1) is 17.4. The van der Waals surface area contributed by atoms with E-state index < -0.39 is 0 Å². The van der Waals surface area contributed by atoms with Gasteiger partial charge in [0.1, 0.15) is 12.4 Å². The second-order valence-electron chi connectivity index (χ2n) is 5.75. The van der Waals surface area contributed by atoms with Crippen molar-refractivity contribution in [3.63, 3.8) is 0 Å². The van der Waals surface area contributed by atoms with E-state index >= 15 is 0 Å². The van der Waals surface area contributed by atoms with Crippen LogP contribution in [-0.4, -0.2) is 35.2 Å². The first-order valence-electron chi connectivity index (χ1n) is 8.36. The van der Waals surface area contributed by atoms with E-state index in [9.17, 15) is 5.11 Å². The molecule has 3 heteroatoms. The van der Waals surface area contributed by atoms with Crippen molar-refractivity contribution in [1.29, 1.82) is 0 Å². The van der Waals surface area contributed by atoms with Gasteiger partial charge in [-0.05, 0) is 39.0 Å². The molecule has 0 amide bonds. The number of hydrogen-bond donors (Lipinski definition) is 1. The summed E-state index contributed by atoms with van der Waals surface area (Å²) >= 11 is 0. The van der Waals surface area contributed by atoms with Crippen LogP contribution in [0.5, 0.6) is 0 Å². The first-order chi connectivity index (χ1) is 9.75. The van der Waals surface area contributed by atoms with Gasteiger partial charge in [0, 0.05) is 12.8 Å². The third-order valence-corrected chi connectivity index (χ3v) is 3.91. The van der Waals surface area contributed by atoms with Crippen LogP contribution in [0.1, 0.15) is 71.6 Å². The lowest BCUT2D eigenvalue weighted by molar-refractivity contribution is 0.00710. The zero-order valence-electron chi connectivity index (χ0n) is 13.3. The molecule has 0 bridgehead atoms. The maximum absolute atomic E-state index is 9.62. The smallest absolute Gasteiger partial charge is 0.106 e. The molecule has 0 radical (unpaired) electrons. The molecular formula is C17H32N2O. The second kappa shape index (κ2) is 11.0. The van der Waals surface area contributed by atoms with Crippen LogP contribution in [-0.2, 0) is 0 Å². The molecule has 116 valence electrons. The van der Waals surface area contributed by atoms with Crippen molar-refractivity contribution < 1.29 is 5.11 Å². The summed E-state index contributed by atoms with van der Waals surface area (Å²) < 4.78 is 0. The van der Waals surface area contributed by atoms with Crippen molar-refractivity contribution in [3.05, 3.63) is 12.2 Å². The molecule has 0 saturated heterocycles. The largest absolute Gasteiger partial charge is 0.379 e. The van der Waals surface area contributed by atoms with Gasteiger partial charge in [-0.25, -0.2) is 0 Å². The predicted molar refractivity (Wildman–Crippen MR) is 87.0 cm³/mol. The summed E-state index contributed by atoms with van der Waals surface area (Å²) in [6, 6.07) is 0. The lowest BCUT2D eigenvalue weighted by atomic mass is 10.1. The van der Waals surface area contributed by atoms with Crippen molar-refractivity contribution in [3.8, 4) is 0 Å². The maximum Gasteiger partial charge on any atom is 0.106 e. The summed E-state index contributed by atoms with van der Waals surface area (Å²) in [5.41, 5.74) is 0. The molecule has 0 aromatic heterocycles. The Hall–Kier alpha value is -0.670. The van der Waals surface area contributed by atoms with Crippen molar-refractivity contribution in [2.45, 2.75) is 84.0 Å². The first-order valence-corrected chi connectivity index (χ1v) is 8.36. The minimum Gasteiger partial charge on any atom is -0.379 e. The molecule has 0 fully saturated rings. The normalized spacial score (nSPS) is 21.1. The number of aliphatic imine (C=N–C) groups is 1. The van der Waals surface area contributed by atoms with Crippen molar-refractivity contribution in [2.75, 3.05) is 6.54 Å². The number of rotatable bonds is 11. The third-order valence-electron chi connectivity index (χ3n) is 3.91. The molecule has 2 atom stereocenters. The third kappa shape index (κ3) is 7.20. The number of hydrogen-bond acceptors (Lipinski definition) is 3. The SMILES string of the molecule is CCCC/C=C/CCCCCCC1N=CCN1C(C)O. The van der Waals surface area contributed by atoms with Gasteiger partial charge < -0.3 is 5.11 Å². The fourth-order valence-corrected chi connectivity index (χ4v) is 2.61. The van der Waals surface area contributed by atoms with E-state index in [1.165, 1.54) is 51.4 Å². The average molecular weight is 280 g/mol. The van der Waals surface area contributed by atoms with Gasteiger partial charge in [0.15, 0.2) is 0 Å². The monoisotopic (exact) mass is 280 g/mol. The van der Waals surface area contributed by atoms with Gasteiger partial charge >= 0.3 is 0 Å². The highest BCUT2D eigenvalue weighted by molar-refractivity contribution is 5.62. The molecule has 1 N–H and O–H groups in total. The molecule has 20 heavy (non-hydrogen) atoms. The van der Waals surface area contributed by atoms with E-state index in [0.29, 0.717) is 0 Å². The van der Waals surface area contributed by atoms with Gasteiger partial charge in [-0.3, -0.25) is 9.89 Å². The van der Waals surface area contributed by atoms with Crippen LogP contribution in [0.2, 0.25) is 0 Å². The standard InChI is InChI=1S/C17H32N2O/c1-3-4-5-6-7-8-9-10-11-12-13-17-18-14-15-19(17)16(2)20/h6-7,14,16-17,20H,3-5,8-13,15H2,1-2H3/b7-6+. The van der Waals surface area contributed by atoms with Crippen LogP contribution in [0, 0.1) is 0 Å². The minimum atomic E-state index is -0.379. The molecule has 3 nitrogen and oxygen atoms in total. The second-order valence-corrected chi connectivity index (χ2v) is 5.75. The average Bonchev–Trinajstić information content (AvgIpc) is 2.89. The molecule has 0 aromatic carbocycles. The maximum atomic E-state index is 9.62. The molecule has 0 saturated carbocycles. The van der Waals surface area contributed by atoms with Gasteiger partial charge in [0.05, 0.1) is 0 Å². The summed E-state index contributed by atoms with van der Waals surface area (Å²) in [4.78, 5) is 6.50. The summed E-state index contributed by atoms with van der Waals surface area (Å²) in [6.45, 7) is 4.86. The minimum absolute atomic E-state index is 0.212. The van der Waals surface area contributed by atoms with E-state index in [4.69, 9.17) is 0 Å². The molecule has 2 unspecified atom stereocenters. The topological polar surface area (TPSA) is 35.8 Å². The quantitative estimate of drug-likeness (QED) is 0.456. The lowest BCUT2D eigenvalue weighted by Crippen LogP contribution is -2.37. The Morgan fingerprint density at radius 3 is 2.60 bits per heavy atom.